The van der Waals surface area contributed by atoms with Crippen LogP contribution < -0.4 is 0 Å². The molecule has 3 saturated heterocycles. The van der Waals surface area contributed by atoms with Crippen molar-refractivity contribution in [2.24, 2.45) is 17.8 Å². The summed E-state index contributed by atoms with van der Waals surface area (Å²) in [4.78, 5) is 38.0. The Morgan fingerprint density at radius 3 is 2.55 bits per heavy atom. The van der Waals surface area contributed by atoms with Gasteiger partial charge in [0, 0.05) is 37.8 Å². The zero-order valence-corrected chi connectivity index (χ0v) is 30.2. The quantitative estimate of drug-likeness (QED) is 0.156. The number of hydrogen-bond donors (Lipinski definition) is 1. The zero-order chi connectivity index (χ0) is 36.5. The first kappa shape index (κ1) is 37.3. The maximum absolute atomic E-state index is 14.2. The topological polar surface area (TPSA) is 144 Å². The number of nitrogens with zero attached hydrogens (tertiary/aromatic N) is 1. The number of nitro groups is 1. The molecule has 5 aliphatic rings. The van der Waals surface area contributed by atoms with Gasteiger partial charge in [-0.05, 0) is 67.2 Å². The maximum atomic E-state index is 14.2. The fraction of sp³-hybridized carbons (Fsp3) is 0.600. The fourth-order valence-electron chi connectivity index (χ4n) is 8.37. The molecular weight excluding hydrogens is 654 g/mol. The Balaban J connectivity index is 1.33. The van der Waals surface area contributed by atoms with Gasteiger partial charge in [-0.2, -0.15) is 0 Å². The van der Waals surface area contributed by atoms with E-state index in [2.05, 4.69) is 26.8 Å². The second-order valence-corrected chi connectivity index (χ2v) is 15.1. The van der Waals surface area contributed by atoms with Crippen LogP contribution in [0.5, 0.6) is 0 Å². The van der Waals surface area contributed by atoms with Crippen molar-refractivity contribution < 1.29 is 43.3 Å². The van der Waals surface area contributed by atoms with E-state index in [9.17, 15) is 24.8 Å². The lowest BCUT2D eigenvalue weighted by Crippen LogP contribution is -2.57. The molecule has 51 heavy (non-hydrogen) atoms. The molecule has 0 radical (unpaired) electrons. The van der Waals surface area contributed by atoms with Crippen LogP contribution >= 0.6 is 0 Å². The second kappa shape index (κ2) is 15.2. The van der Waals surface area contributed by atoms with Gasteiger partial charge in [-0.15, -0.1) is 0 Å². The van der Waals surface area contributed by atoms with Gasteiger partial charge in [-0.25, -0.2) is 0 Å². The highest BCUT2D eigenvalue weighted by Gasteiger charge is 2.60. The number of ether oxygens (including phenoxy) is 5. The molecule has 1 aromatic carbocycles. The number of benzene rings is 1. The first-order valence-electron chi connectivity index (χ1n) is 18.4. The largest absolute Gasteiger partial charge is 0.462 e. The van der Waals surface area contributed by atoms with Crippen molar-refractivity contribution in [2.75, 3.05) is 13.2 Å². The van der Waals surface area contributed by atoms with Crippen LogP contribution in [-0.4, -0.2) is 76.9 Å². The van der Waals surface area contributed by atoms with Gasteiger partial charge in [0.15, 0.2) is 17.7 Å². The second-order valence-electron chi connectivity index (χ2n) is 15.1. The van der Waals surface area contributed by atoms with E-state index in [1.54, 1.807) is 25.1 Å². The Hall–Kier alpha value is -3.48. The van der Waals surface area contributed by atoms with Crippen molar-refractivity contribution in [1.82, 2.24) is 0 Å². The van der Waals surface area contributed by atoms with E-state index in [1.807, 2.05) is 19.1 Å². The first-order valence-corrected chi connectivity index (χ1v) is 18.4. The smallest absolute Gasteiger partial charge is 0.316 e. The maximum Gasteiger partial charge on any atom is 0.316 e. The predicted molar refractivity (Wildman–Crippen MR) is 189 cm³/mol. The Labute approximate surface area is 299 Å². The van der Waals surface area contributed by atoms with E-state index in [0.29, 0.717) is 55.8 Å². The number of carbonyl (C=O) groups excluding carboxylic acids is 2. The number of ketones is 1. The van der Waals surface area contributed by atoms with E-state index in [1.165, 1.54) is 18.2 Å². The third-order valence-electron chi connectivity index (χ3n) is 11.3. The molecule has 3 fully saturated rings. The highest BCUT2D eigenvalue weighted by molar-refractivity contribution is 6.03. The zero-order valence-electron chi connectivity index (χ0n) is 30.2. The molecule has 0 unspecified atom stereocenters. The van der Waals surface area contributed by atoms with E-state index in [4.69, 9.17) is 23.7 Å². The number of non-ortho nitro benzene ring substituents is 1. The molecule has 1 N–H and O–H groups in total. The number of hydrogen-bond acceptors (Lipinski definition) is 10. The van der Waals surface area contributed by atoms with Crippen LogP contribution in [0.3, 0.4) is 0 Å². The highest BCUT2D eigenvalue weighted by atomic mass is 16.7. The summed E-state index contributed by atoms with van der Waals surface area (Å²) >= 11 is 0. The molecule has 6 rings (SSSR count). The molecule has 11 nitrogen and oxygen atoms in total. The van der Waals surface area contributed by atoms with Gasteiger partial charge < -0.3 is 28.8 Å². The third-order valence-corrected chi connectivity index (χ3v) is 11.3. The van der Waals surface area contributed by atoms with E-state index >= 15 is 0 Å². The standard InChI is InChI=1S/C40H51NO10/c1-6-34-25(3)14-16-39(51-34)22-32-20-31(50-39)21-35(47-17-15-28-10-12-30(13-11-28)41(45)46)26(4)18-24(2)8-7-9-29-23-48-37-36(42)27(5)19-33(38(43)49-32)40(29,37)44/h7-13,18-19,24-25,31-35,37,44H,6,14-17,20-23H2,1-5H3/b8-7+,26-18+,29-9+/t24-,25-,31-,32-,33-,34+,35-,37+,39+,40+/m0/s1. The Morgan fingerprint density at radius 2 is 1.82 bits per heavy atom. The number of aliphatic hydroxyl groups is 1. The number of Topliss-reactive ketones (excluding diaryl/α,β-unsaturated/α-hetero) is 1. The van der Waals surface area contributed by atoms with Crippen LogP contribution in [-0.2, 0) is 39.7 Å². The van der Waals surface area contributed by atoms with Gasteiger partial charge in [0.25, 0.3) is 5.69 Å². The summed E-state index contributed by atoms with van der Waals surface area (Å²) < 4.78 is 32.3. The number of rotatable bonds is 6. The summed E-state index contributed by atoms with van der Waals surface area (Å²) in [6, 6.07) is 6.51. The van der Waals surface area contributed by atoms with Gasteiger partial charge in [0.05, 0.1) is 36.4 Å². The molecule has 1 aliphatic carbocycles. The van der Waals surface area contributed by atoms with Crippen LogP contribution in [0.25, 0.3) is 0 Å². The minimum atomic E-state index is -1.86. The summed E-state index contributed by atoms with van der Waals surface area (Å²) in [7, 11) is 0. The van der Waals surface area contributed by atoms with Gasteiger partial charge >= 0.3 is 5.97 Å². The molecular formula is C40H51NO10. The van der Waals surface area contributed by atoms with E-state index < -0.39 is 40.4 Å². The lowest BCUT2D eigenvalue weighted by molar-refractivity contribution is -0.384. The molecule has 2 bridgehead atoms. The number of nitro benzene ring substituents is 1. The van der Waals surface area contributed by atoms with Gasteiger partial charge in [-0.1, -0.05) is 63.3 Å². The Kier molecular flexibility index (Phi) is 11.1. The predicted octanol–water partition coefficient (Wildman–Crippen LogP) is 6.28. The van der Waals surface area contributed by atoms with Crippen molar-refractivity contribution in [3.05, 3.63) is 87.0 Å². The van der Waals surface area contributed by atoms with Crippen LogP contribution in [0.15, 0.2) is 71.4 Å². The van der Waals surface area contributed by atoms with Crippen LogP contribution in [0.2, 0.25) is 0 Å². The van der Waals surface area contributed by atoms with E-state index in [-0.39, 0.29) is 42.3 Å². The molecule has 0 saturated carbocycles. The SMILES string of the molecule is CC[C@H]1O[C@]2(CC[C@@H]1C)C[C@@H]1C[C@@H](C[C@H](OCCc3ccc([N+](=O)[O-])cc3)/C(C)=C/[C@@H](C)/C=C/C=C3\CO[C@@H]4C(=O)C(C)=C[C@@H](C(=O)O1)[C@]34O)O2. The monoisotopic (exact) mass is 705 g/mol. The number of carbonyl (C=O) groups is 2. The lowest BCUT2D eigenvalue weighted by Gasteiger charge is -2.50. The summed E-state index contributed by atoms with van der Waals surface area (Å²) in [6.07, 6.45) is 11.0. The lowest BCUT2D eigenvalue weighted by atomic mass is 9.71. The summed E-state index contributed by atoms with van der Waals surface area (Å²) in [5, 5.41) is 23.3. The number of fused-ring (bicyclic) bond motifs is 2. The minimum absolute atomic E-state index is 0.00513. The average Bonchev–Trinajstić information content (AvgIpc) is 3.43. The fourth-order valence-corrected chi connectivity index (χ4v) is 8.37. The van der Waals surface area contributed by atoms with Crippen molar-refractivity contribution in [2.45, 2.75) is 121 Å². The summed E-state index contributed by atoms with van der Waals surface area (Å²) in [6.45, 7) is 10.4. The van der Waals surface area contributed by atoms with Crippen LogP contribution in [0.4, 0.5) is 5.69 Å². The van der Waals surface area contributed by atoms with Gasteiger partial charge in [0.2, 0.25) is 0 Å². The Morgan fingerprint density at radius 1 is 1.06 bits per heavy atom. The van der Waals surface area contributed by atoms with Gasteiger partial charge in [-0.3, -0.25) is 19.7 Å². The molecule has 4 aliphatic heterocycles. The number of allylic oxidation sites excluding steroid dienone is 4. The third kappa shape index (κ3) is 7.83. The minimum Gasteiger partial charge on any atom is -0.462 e. The molecule has 1 spiro atoms. The molecule has 4 heterocycles. The molecule has 0 aromatic heterocycles. The highest BCUT2D eigenvalue weighted by Crippen LogP contribution is 2.47. The van der Waals surface area contributed by atoms with E-state index in [0.717, 1.165) is 24.0 Å². The molecule has 0 amide bonds. The molecule has 11 heteroatoms. The molecule has 10 atom stereocenters. The van der Waals surface area contributed by atoms with Crippen molar-refractivity contribution in [3.8, 4) is 0 Å². The molecule has 1 aromatic rings. The number of esters is 1. The van der Waals surface area contributed by atoms with Crippen molar-refractivity contribution in [3.63, 3.8) is 0 Å². The van der Waals surface area contributed by atoms with Crippen LogP contribution in [0.1, 0.15) is 78.7 Å². The van der Waals surface area contributed by atoms with Crippen molar-refractivity contribution >= 4 is 17.4 Å². The first-order chi connectivity index (χ1) is 24.3. The normalized spacial score (nSPS) is 39.9. The van der Waals surface area contributed by atoms with Gasteiger partial charge in [0.1, 0.15) is 17.6 Å². The van der Waals surface area contributed by atoms with Crippen molar-refractivity contribution in [1.29, 1.82) is 0 Å². The average molecular weight is 706 g/mol. The van der Waals surface area contributed by atoms with Crippen LogP contribution in [0, 0.1) is 27.9 Å². The Bertz CT molecular complexity index is 1610. The molecule has 276 valence electrons. The summed E-state index contributed by atoms with van der Waals surface area (Å²) in [5.41, 5.74) is 0.939. The summed E-state index contributed by atoms with van der Waals surface area (Å²) in [5.74, 6) is -2.68.